The van der Waals surface area contributed by atoms with Gasteiger partial charge >= 0.3 is 5.97 Å². The van der Waals surface area contributed by atoms with Gasteiger partial charge < -0.3 is 10.1 Å². The fourth-order valence-electron chi connectivity index (χ4n) is 1.68. The van der Waals surface area contributed by atoms with Gasteiger partial charge in [0.15, 0.2) is 0 Å². The highest BCUT2D eigenvalue weighted by Gasteiger charge is 2.07. The van der Waals surface area contributed by atoms with Gasteiger partial charge in [-0.2, -0.15) is 0 Å². The van der Waals surface area contributed by atoms with E-state index in [-0.39, 0.29) is 12.0 Å². The largest absolute Gasteiger partial charge is 0.465 e. The first kappa shape index (κ1) is 12.6. The maximum atomic E-state index is 11.3. The number of hydrogen-bond donors (Lipinski definition) is 1. The quantitative estimate of drug-likeness (QED) is 0.853. The molecule has 0 aliphatic heterocycles. The standard InChI is InChI=1S/C14H15NO2S/c1-10(13-4-3-9-18-13)15-12-7-5-11(6-8-12)14(16)17-2/h3-10,15H,1-2H3. The van der Waals surface area contributed by atoms with Gasteiger partial charge in [-0.15, -0.1) is 11.3 Å². The molecule has 0 saturated heterocycles. The van der Waals surface area contributed by atoms with Gasteiger partial charge in [-0.05, 0) is 42.6 Å². The molecule has 1 unspecified atom stereocenters. The molecule has 0 amide bonds. The molecule has 2 aromatic rings. The summed E-state index contributed by atoms with van der Waals surface area (Å²) in [5.41, 5.74) is 1.55. The van der Waals surface area contributed by atoms with Crippen molar-refractivity contribution in [3.05, 3.63) is 52.2 Å². The van der Waals surface area contributed by atoms with E-state index in [9.17, 15) is 4.79 Å². The van der Waals surface area contributed by atoms with Crippen LogP contribution in [-0.4, -0.2) is 13.1 Å². The number of rotatable bonds is 4. The number of esters is 1. The number of carbonyl (C=O) groups excluding carboxylic acids is 1. The molecule has 0 saturated carbocycles. The van der Waals surface area contributed by atoms with Crippen molar-refractivity contribution in [1.82, 2.24) is 0 Å². The molecule has 0 aliphatic carbocycles. The topological polar surface area (TPSA) is 38.3 Å². The minimum Gasteiger partial charge on any atom is -0.465 e. The summed E-state index contributed by atoms with van der Waals surface area (Å²) in [7, 11) is 1.38. The van der Waals surface area contributed by atoms with Crippen LogP contribution in [0, 0.1) is 0 Å². The number of benzene rings is 1. The summed E-state index contributed by atoms with van der Waals surface area (Å²) in [5, 5.41) is 5.45. The van der Waals surface area contributed by atoms with Crippen LogP contribution >= 0.6 is 11.3 Å². The predicted octanol–water partition coefficient (Wildman–Crippen LogP) is 3.71. The maximum absolute atomic E-state index is 11.3. The summed E-state index contributed by atoms with van der Waals surface area (Å²) >= 11 is 1.73. The number of thiophene rings is 1. The van der Waals surface area contributed by atoms with Crippen molar-refractivity contribution in [2.45, 2.75) is 13.0 Å². The molecule has 1 aromatic carbocycles. The average molecular weight is 261 g/mol. The number of anilines is 1. The molecule has 0 fully saturated rings. The van der Waals surface area contributed by atoms with Crippen molar-refractivity contribution in [2.24, 2.45) is 0 Å². The van der Waals surface area contributed by atoms with Crippen LogP contribution in [0.25, 0.3) is 0 Å². The first-order chi connectivity index (χ1) is 8.70. The van der Waals surface area contributed by atoms with Crippen molar-refractivity contribution in [3.63, 3.8) is 0 Å². The average Bonchev–Trinajstić information content (AvgIpc) is 2.92. The Balaban J connectivity index is 2.04. The minimum atomic E-state index is -0.312. The van der Waals surface area contributed by atoms with Gasteiger partial charge in [-0.1, -0.05) is 6.07 Å². The van der Waals surface area contributed by atoms with Gasteiger partial charge in [0.25, 0.3) is 0 Å². The van der Waals surface area contributed by atoms with Crippen molar-refractivity contribution >= 4 is 23.0 Å². The molecule has 3 nitrogen and oxygen atoms in total. The van der Waals surface area contributed by atoms with Crippen LogP contribution in [0.5, 0.6) is 0 Å². The monoisotopic (exact) mass is 261 g/mol. The molecule has 0 aliphatic rings. The lowest BCUT2D eigenvalue weighted by atomic mass is 10.2. The van der Waals surface area contributed by atoms with E-state index in [0.717, 1.165) is 5.69 Å². The normalized spacial score (nSPS) is 11.9. The number of hydrogen-bond acceptors (Lipinski definition) is 4. The van der Waals surface area contributed by atoms with E-state index in [4.69, 9.17) is 0 Å². The van der Waals surface area contributed by atoms with E-state index in [1.165, 1.54) is 12.0 Å². The summed E-state index contributed by atoms with van der Waals surface area (Å²) < 4.78 is 4.66. The number of carbonyl (C=O) groups is 1. The summed E-state index contributed by atoms with van der Waals surface area (Å²) in [6.07, 6.45) is 0. The van der Waals surface area contributed by atoms with Crippen LogP contribution in [0.4, 0.5) is 5.69 Å². The minimum absolute atomic E-state index is 0.258. The zero-order valence-electron chi connectivity index (χ0n) is 10.3. The van der Waals surface area contributed by atoms with Crippen LogP contribution in [0.3, 0.4) is 0 Å². The summed E-state index contributed by atoms with van der Waals surface area (Å²) in [6.45, 7) is 2.11. The molecule has 94 valence electrons. The van der Waals surface area contributed by atoms with Crippen LogP contribution in [0.2, 0.25) is 0 Å². The Kier molecular flexibility index (Phi) is 3.99. The molecule has 1 N–H and O–H groups in total. The second-order valence-corrected chi connectivity index (χ2v) is 4.93. The SMILES string of the molecule is COC(=O)c1ccc(NC(C)c2cccs2)cc1. The third-order valence-electron chi connectivity index (χ3n) is 2.66. The van der Waals surface area contributed by atoms with Gasteiger partial charge in [0.05, 0.1) is 18.7 Å². The molecule has 4 heteroatoms. The Labute approximate surface area is 110 Å². The lowest BCUT2D eigenvalue weighted by molar-refractivity contribution is 0.0601. The number of ether oxygens (including phenoxy) is 1. The fraction of sp³-hybridized carbons (Fsp3) is 0.214. The predicted molar refractivity (Wildman–Crippen MR) is 74.1 cm³/mol. The van der Waals surface area contributed by atoms with Gasteiger partial charge in [0, 0.05) is 10.6 Å². The van der Waals surface area contributed by atoms with E-state index in [0.29, 0.717) is 5.56 Å². The Morgan fingerprint density at radius 3 is 2.56 bits per heavy atom. The summed E-state index contributed by atoms with van der Waals surface area (Å²) in [5.74, 6) is -0.312. The molecule has 1 atom stereocenters. The van der Waals surface area contributed by atoms with Crippen LogP contribution < -0.4 is 5.32 Å². The molecule has 0 bridgehead atoms. The van der Waals surface area contributed by atoms with Gasteiger partial charge in [0.1, 0.15) is 0 Å². The second-order valence-electron chi connectivity index (χ2n) is 3.95. The van der Waals surface area contributed by atoms with E-state index in [2.05, 4.69) is 28.4 Å². The lowest BCUT2D eigenvalue weighted by Gasteiger charge is -2.13. The molecule has 18 heavy (non-hydrogen) atoms. The van der Waals surface area contributed by atoms with Crippen molar-refractivity contribution in [1.29, 1.82) is 0 Å². The lowest BCUT2D eigenvalue weighted by Crippen LogP contribution is -2.05. The van der Waals surface area contributed by atoms with E-state index in [1.54, 1.807) is 23.5 Å². The summed E-state index contributed by atoms with van der Waals surface area (Å²) in [4.78, 5) is 12.6. The zero-order valence-corrected chi connectivity index (χ0v) is 11.2. The molecular weight excluding hydrogens is 246 g/mol. The van der Waals surface area contributed by atoms with Crippen LogP contribution in [-0.2, 0) is 4.74 Å². The van der Waals surface area contributed by atoms with E-state index >= 15 is 0 Å². The fourth-order valence-corrected chi connectivity index (χ4v) is 2.41. The molecule has 1 heterocycles. The number of nitrogens with one attached hydrogen (secondary N) is 1. The molecular formula is C14H15NO2S. The second kappa shape index (κ2) is 5.69. The number of methoxy groups -OCH3 is 1. The highest BCUT2D eigenvalue weighted by molar-refractivity contribution is 7.10. The van der Waals surface area contributed by atoms with Crippen LogP contribution in [0.1, 0.15) is 28.2 Å². The maximum Gasteiger partial charge on any atom is 0.337 e. The van der Waals surface area contributed by atoms with Crippen molar-refractivity contribution < 1.29 is 9.53 Å². The highest BCUT2D eigenvalue weighted by atomic mass is 32.1. The Morgan fingerprint density at radius 1 is 1.28 bits per heavy atom. The van der Waals surface area contributed by atoms with Gasteiger partial charge in [0.2, 0.25) is 0 Å². The molecule has 1 aromatic heterocycles. The first-order valence-corrected chi connectivity index (χ1v) is 6.57. The van der Waals surface area contributed by atoms with Gasteiger partial charge in [-0.3, -0.25) is 0 Å². The Morgan fingerprint density at radius 2 is 2.00 bits per heavy atom. The van der Waals surface area contributed by atoms with E-state index < -0.39 is 0 Å². The molecule has 0 spiro atoms. The van der Waals surface area contributed by atoms with Crippen molar-refractivity contribution in [2.75, 3.05) is 12.4 Å². The van der Waals surface area contributed by atoms with Crippen LogP contribution in [0.15, 0.2) is 41.8 Å². The van der Waals surface area contributed by atoms with Crippen molar-refractivity contribution in [3.8, 4) is 0 Å². The third kappa shape index (κ3) is 2.90. The summed E-state index contributed by atoms with van der Waals surface area (Å²) in [6, 6.07) is 11.7. The first-order valence-electron chi connectivity index (χ1n) is 5.69. The third-order valence-corrected chi connectivity index (χ3v) is 3.71. The zero-order chi connectivity index (χ0) is 13.0. The Bertz CT molecular complexity index is 505. The highest BCUT2D eigenvalue weighted by Crippen LogP contribution is 2.23. The van der Waals surface area contributed by atoms with Gasteiger partial charge in [-0.25, -0.2) is 4.79 Å². The smallest absolute Gasteiger partial charge is 0.337 e. The molecule has 0 radical (unpaired) electrons. The van der Waals surface area contributed by atoms with E-state index in [1.807, 2.05) is 18.2 Å². The molecule has 2 rings (SSSR count). The Hall–Kier alpha value is -1.81.